The fraction of sp³-hybridized carbons (Fsp3) is 0.125. The molecule has 0 atom stereocenters. The van der Waals surface area contributed by atoms with Gasteiger partial charge in [-0.15, -0.1) is 0 Å². The minimum absolute atomic E-state index is 0.125. The number of carbonyl (C=O) groups is 1. The maximum absolute atomic E-state index is 11.7. The Bertz CT molecular complexity index is 794. The summed E-state index contributed by atoms with van der Waals surface area (Å²) in [5.41, 5.74) is 3.64. The standard InChI is InChI=1S/C16H14Br2N2O4/c1-9-3-2-4-11(5-9)24-8-13(21)20-19-7-10-6-12(17)16(23)14(18)15(10)22/h2-7,22-23H,8H2,1H3,(H,20,21)/b19-7+. The first-order valence-corrected chi connectivity index (χ1v) is 8.38. The van der Waals surface area contributed by atoms with Crippen LogP contribution in [0.3, 0.4) is 0 Å². The SMILES string of the molecule is Cc1cccc(OCC(=O)N/N=C/c2cc(Br)c(O)c(Br)c2O)c1. The van der Waals surface area contributed by atoms with Gasteiger partial charge < -0.3 is 14.9 Å². The summed E-state index contributed by atoms with van der Waals surface area (Å²) in [6.07, 6.45) is 1.26. The number of phenolic OH excluding ortho intramolecular Hbond substituents is 2. The Labute approximate surface area is 155 Å². The normalized spacial score (nSPS) is 10.8. The van der Waals surface area contributed by atoms with Crippen LogP contribution < -0.4 is 10.2 Å². The second-order valence-corrected chi connectivity index (χ2v) is 6.50. The van der Waals surface area contributed by atoms with Gasteiger partial charge >= 0.3 is 0 Å². The molecule has 8 heteroatoms. The van der Waals surface area contributed by atoms with Gasteiger partial charge in [0, 0.05) is 5.56 Å². The molecule has 0 saturated carbocycles. The summed E-state index contributed by atoms with van der Waals surface area (Å²) in [5, 5.41) is 23.3. The summed E-state index contributed by atoms with van der Waals surface area (Å²) in [6, 6.07) is 8.81. The number of phenols is 2. The molecule has 0 bridgehead atoms. The topological polar surface area (TPSA) is 91.2 Å². The highest BCUT2D eigenvalue weighted by atomic mass is 79.9. The molecule has 0 heterocycles. The van der Waals surface area contributed by atoms with Crippen molar-refractivity contribution >= 4 is 44.0 Å². The number of carbonyl (C=O) groups excluding carboxylic acids is 1. The van der Waals surface area contributed by atoms with Crippen molar-refractivity contribution in [3.05, 3.63) is 50.4 Å². The molecule has 0 spiro atoms. The van der Waals surface area contributed by atoms with Crippen LogP contribution in [0.2, 0.25) is 0 Å². The highest BCUT2D eigenvalue weighted by Crippen LogP contribution is 2.40. The van der Waals surface area contributed by atoms with Crippen molar-refractivity contribution in [3.8, 4) is 17.2 Å². The summed E-state index contributed by atoms with van der Waals surface area (Å²) < 4.78 is 5.86. The van der Waals surface area contributed by atoms with Crippen LogP contribution in [0.1, 0.15) is 11.1 Å². The number of aryl methyl sites for hydroxylation is 1. The van der Waals surface area contributed by atoms with E-state index in [-0.39, 0.29) is 22.6 Å². The van der Waals surface area contributed by atoms with Gasteiger partial charge in [0.15, 0.2) is 6.61 Å². The number of hydrazone groups is 1. The van der Waals surface area contributed by atoms with E-state index in [0.29, 0.717) is 15.8 Å². The molecule has 0 aliphatic heterocycles. The van der Waals surface area contributed by atoms with Gasteiger partial charge in [-0.3, -0.25) is 4.79 Å². The van der Waals surface area contributed by atoms with Gasteiger partial charge in [-0.1, -0.05) is 12.1 Å². The lowest BCUT2D eigenvalue weighted by Gasteiger charge is -2.07. The van der Waals surface area contributed by atoms with Crippen molar-refractivity contribution in [2.45, 2.75) is 6.92 Å². The number of benzene rings is 2. The summed E-state index contributed by atoms with van der Waals surface area (Å²) >= 11 is 6.21. The van der Waals surface area contributed by atoms with Crippen LogP contribution in [0.4, 0.5) is 0 Å². The second-order valence-electron chi connectivity index (χ2n) is 4.86. The van der Waals surface area contributed by atoms with E-state index in [1.165, 1.54) is 12.3 Å². The van der Waals surface area contributed by atoms with Crippen LogP contribution in [-0.4, -0.2) is 28.9 Å². The van der Waals surface area contributed by atoms with Crippen molar-refractivity contribution in [1.29, 1.82) is 0 Å². The number of hydrogen-bond acceptors (Lipinski definition) is 5. The molecule has 0 saturated heterocycles. The number of halogens is 2. The molecule has 0 radical (unpaired) electrons. The Morgan fingerprint density at radius 3 is 2.75 bits per heavy atom. The van der Waals surface area contributed by atoms with Crippen molar-refractivity contribution in [3.63, 3.8) is 0 Å². The van der Waals surface area contributed by atoms with Crippen LogP contribution in [0.15, 0.2) is 44.4 Å². The zero-order valence-electron chi connectivity index (χ0n) is 12.6. The average molecular weight is 458 g/mol. The molecule has 126 valence electrons. The predicted molar refractivity (Wildman–Crippen MR) is 97.6 cm³/mol. The van der Waals surface area contributed by atoms with E-state index in [2.05, 4.69) is 42.4 Å². The van der Waals surface area contributed by atoms with E-state index in [9.17, 15) is 15.0 Å². The number of rotatable bonds is 5. The number of ether oxygens (including phenoxy) is 1. The first kappa shape index (κ1) is 18.3. The van der Waals surface area contributed by atoms with Crippen LogP contribution in [0.5, 0.6) is 17.2 Å². The highest BCUT2D eigenvalue weighted by molar-refractivity contribution is 9.11. The van der Waals surface area contributed by atoms with Crippen LogP contribution in [-0.2, 0) is 4.79 Å². The maximum Gasteiger partial charge on any atom is 0.277 e. The average Bonchev–Trinajstić information content (AvgIpc) is 2.55. The lowest BCUT2D eigenvalue weighted by atomic mass is 10.2. The van der Waals surface area contributed by atoms with Gasteiger partial charge in [-0.25, -0.2) is 5.43 Å². The number of hydrogen-bond donors (Lipinski definition) is 3. The van der Waals surface area contributed by atoms with E-state index in [1.807, 2.05) is 25.1 Å². The Morgan fingerprint density at radius 2 is 2.04 bits per heavy atom. The van der Waals surface area contributed by atoms with Gasteiger partial charge in [0.1, 0.15) is 21.7 Å². The third-order valence-electron chi connectivity index (χ3n) is 2.95. The Balaban J connectivity index is 1.93. The quantitative estimate of drug-likeness (QED) is 0.473. The highest BCUT2D eigenvalue weighted by Gasteiger charge is 2.12. The van der Waals surface area contributed by atoms with E-state index < -0.39 is 5.91 Å². The van der Waals surface area contributed by atoms with Gasteiger partial charge in [0.25, 0.3) is 5.91 Å². The molecule has 0 unspecified atom stereocenters. The number of aromatic hydroxyl groups is 2. The van der Waals surface area contributed by atoms with Crippen molar-refractivity contribution in [1.82, 2.24) is 5.43 Å². The van der Waals surface area contributed by atoms with Gasteiger partial charge in [-0.2, -0.15) is 5.10 Å². The summed E-state index contributed by atoms with van der Waals surface area (Å²) in [6.45, 7) is 1.74. The Hall–Kier alpha value is -2.06. The molecule has 24 heavy (non-hydrogen) atoms. The molecule has 0 fully saturated rings. The lowest BCUT2D eigenvalue weighted by molar-refractivity contribution is -0.123. The van der Waals surface area contributed by atoms with Crippen molar-refractivity contribution < 1.29 is 19.7 Å². The third kappa shape index (κ3) is 4.72. The molecule has 2 aromatic carbocycles. The van der Waals surface area contributed by atoms with Crippen LogP contribution in [0, 0.1) is 6.92 Å². The van der Waals surface area contributed by atoms with E-state index >= 15 is 0 Å². The fourth-order valence-electron chi connectivity index (χ4n) is 1.78. The third-order valence-corrected chi connectivity index (χ3v) is 4.31. The van der Waals surface area contributed by atoms with Crippen LogP contribution in [0.25, 0.3) is 0 Å². The van der Waals surface area contributed by atoms with Gasteiger partial charge in [-0.05, 0) is 62.5 Å². The second kappa shape index (κ2) is 8.16. The number of amides is 1. The smallest absolute Gasteiger partial charge is 0.277 e. The number of nitrogens with zero attached hydrogens (tertiary/aromatic N) is 1. The molecule has 0 aliphatic carbocycles. The molecule has 0 aliphatic rings. The molecule has 0 aromatic heterocycles. The first-order valence-electron chi connectivity index (χ1n) is 6.79. The van der Waals surface area contributed by atoms with Crippen molar-refractivity contribution in [2.75, 3.05) is 6.61 Å². The summed E-state index contributed by atoms with van der Waals surface area (Å²) in [5.74, 6) is -0.160. The Kier molecular flexibility index (Phi) is 6.22. The molecular formula is C16H14Br2N2O4. The monoisotopic (exact) mass is 456 g/mol. The zero-order chi connectivity index (χ0) is 17.7. The van der Waals surface area contributed by atoms with Gasteiger partial charge in [0.05, 0.1) is 10.7 Å². The Morgan fingerprint density at radius 1 is 1.29 bits per heavy atom. The van der Waals surface area contributed by atoms with Crippen molar-refractivity contribution in [2.24, 2.45) is 5.10 Å². The van der Waals surface area contributed by atoms with E-state index in [4.69, 9.17) is 4.74 Å². The maximum atomic E-state index is 11.7. The largest absolute Gasteiger partial charge is 0.506 e. The zero-order valence-corrected chi connectivity index (χ0v) is 15.8. The predicted octanol–water partition coefficient (Wildman–Crippen LogP) is 3.46. The van der Waals surface area contributed by atoms with E-state index in [1.54, 1.807) is 6.07 Å². The minimum Gasteiger partial charge on any atom is -0.506 e. The van der Waals surface area contributed by atoms with Gasteiger partial charge in [0.2, 0.25) is 0 Å². The number of nitrogens with one attached hydrogen (secondary N) is 1. The molecule has 3 N–H and O–H groups in total. The molecule has 1 amide bonds. The molecular weight excluding hydrogens is 444 g/mol. The lowest BCUT2D eigenvalue weighted by Crippen LogP contribution is -2.24. The molecule has 2 aromatic rings. The fourth-order valence-corrected chi connectivity index (χ4v) is 2.93. The van der Waals surface area contributed by atoms with Crippen LogP contribution >= 0.6 is 31.9 Å². The summed E-state index contributed by atoms with van der Waals surface area (Å²) in [4.78, 5) is 11.7. The molecule has 2 rings (SSSR count). The minimum atomic E-state index is -0.441. The summed E-state index contributed by atoms with van der Waals surface area (Å²) in [7, 11) is 0. The molecule has 6 nitrogen and oxygen atoms in total. The van der Waals surface area contributed by atoms with E-state index in [0.717, 1.165) is 5.56 Å². The first-order chi connectivity index (χ1) is 11.4.